The fourth-order valence-corrected chi connectivity index (χ4v) is 3.05. The Labute approximate surface area is 144 Å². The van der Waals surface area contributed by atoms with Gasteiger partial charge in [-0.05, 0) is 18.2 Å². The second-order valence-corrected chi connectivity index (χ2v) is 6.53. The molecule has 2 rings (SSSR count). The minimum Gasteiger partial charge on any atom is -0.395 e. The van der Waals surface area contributed by atoms with Crippen molar-refractivity contribution in [3.05, 3.63) is 34.1 Å². The molecule has 1 heterocycles. The Balaban J connectivity index is 1.90. The van der Waals surface area contributed by atoms with Crippen LogP contribution in [0.1, 0.15) is 12.0 Å². The molecule has 7 heteroatoms. The Morgan fingerprint density at radius 2 is 2.09 bits per heavy atom. The standard InChI is InChI=1S/C16H23BrFN3O2/c17-14-1-2-15(18)13(11-14)12-20(9-10-22)6-3-16(23)21-7-4-19-5-8-21/h1-2,11,19,22H,3-10,12H2. The SMILES string of the molecule is O=C(CCN(CCO)Cc1cc(Br)ccc1F)N1CCNCC1. The van der Waals surface area contributed by atoms with E-state index in [1.165, 1.54) is 6.07 Å². The van der Waals surface area contributed by atoms with Crippen LogP contribution in [0.5, 0.6) is 0 Å². The number of hydrogen-bond acceptors (Lipinski definition) is 4. The van der Waals surface area contributed by atoms with E-state index in [4.69, 9.17) is 0 Å². The Bertz CT molecular complexity index is 524. The molecule has 1 amide bonds. The van der Waals surface area contributed by atoms with Crippen molar-refractivity contribution in [1.29, 1.82) is 0 Å². The smallest absolute Gasteiger partial charge is 0.223 e. The van der Waals surface area contributed by atoms with Crippen LogP contribution in [0.4, 0.5) is 4.39 Å². The third-order valence-electron chi connectivity index (χ3n) is 3.93. The third kappa shape index (κ3) is 5.84. The highest BCUT2D eigenvalue weighted by Gasteiger charge is 2.17. The van der Waals surface area contributed by atoms with Gasteiger partial charge < -0.3 is 15.3 Å². The zero-order valence-corrected chi connectivity index (χ0v) is 14.7. The van der Waals surface area contributed by atoms with Gasteiger partial charge in [0.05, 0.1) is 6.61 Å². The number of rotatable bonds is 7. The molecular weight excluding hydrogens is 365 g/mol. The van der Waals surface area contributed by atoms with Gasteiger partial charge in [0, 0.05) is 62.3 Å². The summed E-state index contributed by atoms with van der Waals surface area (Å²) < 4.78 is 14.7. The molecule has 23 heavy (non-hydrogen) atoms. The van der Waals surface area contributed by atoms with E-state index in [9.17, 15) is 14.3 Å². The number of carbonyl (C=O) groups excluding carboxylic acids is 1. The van der Waals surface area contributed by atoms with Crippen molar-refractivity contribution in [2.24, 2.45) is 0 Å². The number of benzene rings is 1. The third-order valence-corrected chi connectivity index (χ3v) is 4.42. The van der Waals surface area contributed by atoms with Crippen molar-refractivity contribution < 1.29 is 14.3 Å². The average molecular weight is 388 g/mol. The molecule has 0 aromatic heterocycles. The molecule has 0 unspecified atom stereocenters. The average Bonchev–Trinajstić information content (AvgIpc) is 2.56. The van der Waals surface area contributed by atoms with Gasteiger partial charge in [-0.15, -0.1) is 0 Å². The largest absolute Gasteiger partial charge is 0.395 e. The summed E-state index contributed by atoms with van der Waals surface area (Å²) in [6.07, 6.45) is 0.385. The van der Waals surface area contributed by atoms with Gasteiger partial charge in [0.1, 0.15) is 5.82 Å². The molecule has 0 aliphatic carbocycles. The van der Waals surface area contributed by atoms with E-state index in [1.54, 1.807) is 12.1 Å². The van der Waals surface area contributed by atoms with Crippen molar-refractivity contribution >= 4 is 21.8 Å². The van der Waals surface area contributed by atoms with Gasteiger partial charge in [0.2, 0.25) is 5.91 Å². The summed E-state index contributed by atoms with van der Waals surface area (Å²) in [5.74, 6) is -0.159. The van der Waals surface area contributed by atoms with Gasteiger partial charge in [-0.3, -0.25) is 9.69 Å². The number of carbonyl (C=O) groups is 1. The van der Waals surface area contributed by atoms with Crippen LogP contribution in [0, 0.1) is 5.82 Å². The molecule has 0 bridgehead atoms. The van der Waals surface area contributed by atoms with Crippen LogP contribution in [-0.2, 0) is 11.3 Å². The summed E-state index contributed by atoms with van der Waals surface area (Å²) in [5.41, 5.74) is 0.558. The maximum atomic E-state index is 13.9. The molecule has 1 fully saturated rings. The highest BCUT2D eigenvalue weighted by atomic mass is 79.9. The summed E-state index contributed by atoms with van der Waals surface area (Å²) in [6.45, 7) is 4.41. The van der Waals surface area contributed by atoms with Gasteiger partial charge in [-0.1, -0.05) is 15.9 Å². The molecule has 0 atom stereocenters. The van der Waals surface area contributed by atoms with Gasteiger partial charge in [-0.25, -0.2) is 4.39 Å². The molecule has 5 nitrogen and oxygen atoms in total. The van der Waals surface area contributed by atoms with Crippen LogP contribution >= 0.6 is 15.9 Å². The number of aliphatic hydroxyl groups is 1. The normalized spacial score (nSPS) is 15.2. The van der Waals surface area contributed by atoms with Gasteiger partial charge in [0.25, 0.3) is 0 Å². The molecule has 1 aromatic rings. The number of nitrogens with one attached hydrogen (secondary N) is 1. The number of nitrogens with zero attached hydrogens (tertiary/aromatic N) is 2. The predicted octanol–water partition coefficient (Wildman–Crippen LogP) is 1.20. The number of hydrogen-bond donors (Lipinski definition) is 2. The zero-order valence-electron chi connectivity index (χ0n) is 13.1. The second kappa shape index (κ2) is 9.32. The van der Waals surface area contributed by atoms with E-state index in [1.807, 2.05) is 9.80 Å². The summed E-state index contributed by atoms with van der Waals surface area (Å²) in [6, 6.07) is 4.81. The van der Waals surface area contributed by atoms with E-state index in [-0.39, 0.29) is 18.3 Å². The first-order chi connectivity index (χ1) is 11.1. The summed E-state index contributed by atoms with van der Waals surface area (Å²) >= 11 is 3.34. The topological polar surface area (TPSA) is 55.8 Å². The predicted molar refractivity (Wildman–Crippen MR) is 90.5 cm³/mol. The molecule has 0 saturated carbocycles. The first-order valence-electron chi connectivity index (χ1n) is 7.86. The number of halogens is 2. The fourth-order valence-electron chi connectivity index (χ4n) is 2.64. The van der Waals surface area contributed by atoms with Crippen molar-refractivity contribution in [3.63, 3.8) is 0 Å². The van der Waals surface area contributed by atoms with Crippen molar-refractivity contribution in [1.82, 2.24) is 15.1 Å². The summed E-state index contributed by atoms with van der Waals surface area (Å²) in [4.78, 5) is 16.0. The van der Waals surface area contributed by atoms with Crippen LogP contribution in [-0.4, -0.2) is 66.7 Å². The molecule has 1 saturated heterocycles. The first-order valence-corrected chi connectivity index (χ1v) is 8.65. The van der Waals surface area contributed by atoms with Crippen molar-refractivity contribution in [2.45, 2.75) is 13.0 Å². The van der Waals surface area contributed by atoms with Gasteiger partial charge in [-0.2, -0.15) is 0 Å². The Morgan fingerprint density at radius 3 is 2.78 bits per heavy atom. The Hall–Kier alpha value is -1.02. The van der Waals surface area contributed by atoms with E-state index >= 15 is 0 Å². The Kier molecular flexibility index (Phi) is 7.42. The lowest BCUT2D eigenvalue weighted by Crippen LogP contribution is -2.47. The highest BCUT2D eigenvalue weighted by molar-refractivity contribution is 9.10. The van der Waals surface area contributed by atoms with Crippen LogP contribution in [0.3, 0.4) is 0 Å². The minimum absolute atomic E-state index is 0.0164. The van der Waals surface area contributed by atoms with E-state index in [0.29, 0.717) is 31.6 Å². The molecule has 1 aromatic carbocycles. The first kappa shape index (κ1) is 18.3. The number of piperazine rings is 1. The maximum absolute atomic E-state index is 13.9. The van der Waals surface area contributed by atoms with Crippen molar-refractivity contribution in [2.75, 3.05) is 45.9 Å². The lowest BCUT2D eigenvalue weighted by Gasteiger charge is -2.29. The van der Waals surface area contributed by atoms with Gasteiger partial charge >= 0.3 is 0 Å². The van der Waals surface area contributed by atoms with Crippen LogP contribution in [0.15, 0.2) is 22.7 Å². The fraction of sp³-hybridized carbons (Fsp3) is 0.562. The molecule has 0 spiro atoms. The van der Waals surface area contributed by atoms with E-state index in [2.05, 4.69) is 21.2 Å². The molecule has 128 valence electrons. The van der Waals surface area contributed by atoms with E-state index < -0.39 is 0 Å². The molecule has 1 aliphatic rings. The Morgan fingerprint density at radius 1 is 1.35 bits per heavy atom. The monoisotopic (exact) mass is 387 g/mol. The molecule has 0 radical (unpaired) electrons. The number of aliphatic hydroxyl groups excluding tert-OH is 1. The van der Waals surface area contributed by atoms with Crippen LogP contribution in [0.2, 0.25) is 0 Å². The highest BCUT2D eigenvalue weighted by Crippen LogP contribution is 2.17. The number of amides is 1. The molecular formula is C16H23BrFN3O2. The van der Waals surface area contributed by atoms with Crippen LogP contribution < -0.4 is 5.32 Å². The summed E-state index contributed by atoms with van der Waals surface area (Å²) in [5, 5.41) is 12.4. The van der Waals surface area contributed by atoms with Crippen molar-refractivity contribution in [3.8, 4) is 0 Å². The summed E-state index contributed by atoms with van der Waals surface area (Å²) in [7, 11) is 0. The molecule has 2 N–H and O–H groups in total. The molecule has 1 aliphatic heterocycles. The zero-order chi connectivity index (χ0) is 16.7. The maximum Gasteiger partial charge on any atom is 0.223 e. The van der Waals surface area contributed by atoms with Gasteiger partial charge in [0.15, 0.2) is 0 Å². The lowest BCUT2D eigenvalue weighted by atomic mass is 10.2. The van der Waals surface area contributed by atoms with Crippen LogP contribution in [0.25, 0.3) is 0 Å². The lowest BCUT2D eigenvalue weighted by molar-refractivity contribution is -0.132. The second-order valence-electron chi connectivity index (χ2n) is 5.62. The van der Waals surface area contributed by atoms with E-state index in [0.717, 1.165) is 30.7 Å². The quantitative estimate of drug-likeness (QED) is 0.738. The minimum atomic E-state index is -0.274.